The average molecular weight is 288 g/mol. The Morgan fingerprint density at radius 3 is 3.05 bits per heavy atom. The van der Waals surface area contributed by atoms with E-state index in [0.29, 0.717) is 6.04 Å². The highest BCUT2D eigenvalue weighted by molar-refractivity contribution is 7.71. The molecule has 0 bridgehead atoms. The number of fused-ring (bicyclic) bond motifs is 1. The van der Waals surface area contributed by atoms with Crippen LogP contribution in [-0.2, 0) is 0 Å². The van der Waals surface area contributed by atoms with Gasteiger partial charge in [-0.15, -0.1) is 0 Å². The molecule has 3 rings (SSSR count). The van der Waals surface area contributed by atoms with Crippen LogP contribution >= 0.6 is 12.2 Å². The molecular weight excluding hydrogens is 268 g/mol. The molecule has 1 aliphatic carbocycles. The maximum absolute atomic E-state index is 5.82. The third-order valence-electron chi connectivity index (χ3n) is 3.78. The molecule has 1 atom stereocenters. The summed E-state index contributed by atoms with van der Waals surface area (Å²) in [5.41, 5.74) is 2.18. The van der Waals surface area contributed by atoms with Crippen LogP contribution in [0.15, 0.2) is 30.4 Å². The summed E-state index contributed by atoms with van der Waals surface area (Å²) >= 11 is 5.53. The lowest BCUT2D eigenvalue weighted by Gasteiger charge is -2.20. The molecule has 0 fully saturated rings. The van der Waals surface area contributed by atoms with Crippen LogP contribution in [-0.4, -0.2) is 16.2 Å². The highest BCUT2D eigenvalue weighted by Gasteiger charge is 2.17. The molecule has 0 spiro atoms. The quantitative estimate of drug-likeness (QED) is 0.649. The number of hydrogen-bond donors (Lipinski definition) is 1. The summed E-state index contributed by atoms with van der Waals surface area (Å²) in [7, 11) is 0. The number of H-pyrrole nitrogens is 1. The third-order valence-corrected chi connectivity index (χ3v) is 4.08. The van der Waals surface area contributed by atoms with Crippen molar-refractivity contribution in [3.63, 3.8) is 0 Å². The molecule has 0 saturated carbocycles. The highest BCUT2D eigenvalue weighted by Crippen LogP contribution is 2.31. The Balaban J connectivity index is 2.07. The third kappa shape index (κ3) is 2.40. The molecule has 1 aromatic heterocycles. The molecule has 1 heterocycles. The summed E-state index contributed by atoms with van der Waals surface area (Å²) in [5.74, 6) is 0.903. The van der Waals surface area contributed by atoms with Crippen LogP contribution < -0.4 is 4.74 Å². The minimum absolute atomic E-state index is 0.461. The largest absolute Gasteiger partial charge is 0.491 e. The molecule has 20 heavy (non-hydrogen) atoms. The molecule has 106 valence electrons. The second kappa shape index (κ2) is 5.83. The van der Waals surface area contributed by atoms with Gasteiger partial charge in [-0.3, -0.25) is 0 Å². The van der Waals surface area contributed by atoms with Crippen molar-refractivity contribution >= 4 is 23.3 Å². The first-order valence-corrected chi connectivity index (χ1v) is 7.73. The Hall–Kier alpha value is -1.55. The molecule has 4 heteroatoms. The van der Waals surface area contributed by atoms with Gasteiger partial charge in [-0.05, 0) is 50.0 Å². The number of aromatic nitrogens is 2. The van der Waals surface area contributed by atoms with E-state index in [4.69, 9.17) is 17.0 Å². The molecule has 1 N–H and O–H groups in total. The van der Waals surface area contributed by atoms with Crippen molar-refractivity contribution in [1.29, 1.82) is 0 Å². The molecule has 0 saturated heterocycles. The zero-order valence-corrected chi connectivity index (χ0v) is 12.6. The molecule has 1 unspecified atom stereocenters. The van der Waals surface area contributed by atoms with Gasteiger partial charge in [-0.25, -0.2) is 0 Å². The van der Waals surface area contributed by atoms with Crippen molar-refractivity contribution in [2.75, 3.05) is 6.61 Å². The highest BCUT2D eigenvalue weighted by atomic mass is 32.1. The van der Waals surface area contributed by atoms with Crippen LogP contribution in [0, 0.1) is 4.77 Å². The smallest absolute Gasteiger partial charge is 0.178 e. The van der Waals surface area contributed by atoms with E-state index in [2.05, 4.69) is 34.7 Å². The van der Waals surface area contributed by atoms with Crippen LogP contribution in [0.4, 0.5) is 0 Å². The van der Waals surface area contributed by atoms with Crippen LogP contribution in [0.25, 0.3) is 11.0 Å². The Bertz CT molecular complexity index is 683. The molecule has 1 aliphatic rings. The first-order chi connectivity index (χ1) is 9.81. The van der Waals surface area contributed by atoms with E-state index in [1.54, 1.807) is 0 Å². The number of hydrogen-bond acceptors (Lipinski definition) is 2. The van der Waals surface area contributed by atoms with Crippen LogP contribution in [0.1, 0.15) is 38.6 Å². The van der Waals surface area contributed by atoms with Crippen molar-refractivity contribution < 1.29 is 4.74 Å². The fourth-order valence-corrected chi connectivity index (χ4v) is 3.18. The molecule has 0 aliphatic heterocycles. The molecule has 0 radical (unpaired) electrons. The van der Waals surface area contributed by atoms with Gasteiger partial charge >= 0.3 is 0 Å². The average Bonchev–Trinajstić information content (AvgIpc) is 2.82. The molecule has 1 aromatic carbocycles. The van der Waals surface area contributed by atoms with Gasteiger partial charge in [0.25, 0.3) is 0 Å². The number of benzene rings is 1. The van der Waals surface area contributed by atoms with Gasteiger partial charge in [0.1, 0.15) is 11.3 Å². The minimum Gasteiger partial charge on any atom is -0.491 e. The number of nitrogens with one attached hydrogen (secondary N) is 1. The second-order valence-corrected chi connectivity index (χ2v) is 5.62. The lowest BCUT2D eigenvalue weighted by Crippen LogP contribution is -2.10. The lowest BCUT2D eigenvalue weighted by atomic mass is 10.0. The van der Waals surface area contributed by atoms with E-state index in [1.807, 2.05) is 12.1 Å². The molecular formula is C16H20N2OS. The van der Waals surface area contributed by atoms with Gasteiger partial charge in [-0.1, -0.05) is 25.1 Å². The monoisotopic (exact) mass is 288 g/mol. The fraction of sp³-hybridized carbons (Fsp3) is 0.438. The van der Waals surface area contributed by atoms with Crippen LogP contribution in [0.2, 0.25) is 0 Å². The van der Waals surface area contributed by atoms with Gasteiger partial charge in [-0.2, -0.15) is 0 Å². The minimum atomic E-state index is 0.461. The summed E-state index contributed by atoms with van der Waals surface area (Å²) in [6, 6.07) is 6.64. The van der Waals surface area contributed by atoms with E-state index >= 15 is 0 Å². The van der Waals surface area contributed by atoms with Gasteiger partial charge in [0, 0.05) is 6.04 Å². The molecule has 3 nitrogen and oxygen atoms in total. The SMILES string of the molecule is CCCOc1cccc2c1[nH]c(=S)n2C1CC=CCC1. The Kier molecular flexibility index (Phi) is 3.92. The number of para-hydroxylation sites is 1. The second-order valence-electron chi connectivity index (χ2n) is 5.24. The number of aromatic amines is 1. The molecule has 2 aromatic rings. The van der Waals surface area contributed by atoms with Crippen molar-refractivity contribution in [2.45, 2.75) is 38.6 Å². The van der Waals surface area contributed by atoms with Crippen LogP contribution in [0.3, 0.4) is 0 Å². The summed E-state index contributed by atoms with van der Waals surface area (Å²) in [6.07, 6.45) is 8.85. The van der Waals surface area contributed by atoms with Crippen molar-refractivity contribution in [2.24, 2.45) is 0 Å². The zero-order valence-electron chi connectivity index (χ0n) is 11.8. The van der Waals surface area contributed by atoms with Crippen molar-refractivity contribution in [1.82, 2.24) is 9.55 Å². The predicted octanol–water partition coefficient (Wildman–Crippen LogP) is 4.77. The first kappa shape index (κ1) is 13.4. The van der Waals surface area contributed by atoms with Gasteiger partial charge in [0.2, 0.25) is 0 Å². The Morgan fingerprint density at radius 1 is 1.40 bits per heavy atom. The summed E-state index contributed by atoms with van der Waals surface area (Å²) in [5, 5.41) is 0. The Labute approximate surface area is 124 Å². The topological polar surface area (TPSA) is 29.9 Å². The van der Waals surface area contributed by atoms with Gasteiger partial charge < -0.3 is 14.3 Å². The summed E-state index contributed by atoms with van der Waals surface area (Å²) in [6.45, 7) is 2.85. The van der Waals surface area contributed by atoms with E-state index in [1.165, 1.54) is 0 Å². The van der Waals surface area contributed by atoms with E-state index < -0.39 is 0 Å². The number of rotatable bonds is 4. The number of ether oxygens (including phenoxy) is 1. The maximum Gasteiger partial charge on any atom is 0.178 e. The first-order valence-electron chi connectivity index (χ1n) is 7.32. The summed E-state index contributed by atoms with van der Waals surface area (Å²) in [4.78, 5) is 3.33. The normalized spacial score (nSPS) is 18.6. The van der Waals surface area contributed by atoms with Crippen LogP contribution in [0.5, 0.6) is 5.75 Å². The fourth-order valence-electron chi connectivity index (χ4n) is 2.83. The van der Waals surface area contributed by atoms with E-state index in [0.717, 1.165) is 53.8 Å². The number of nitrogens with zero attached hydrogens (tertiary/aromatic N) is 1. The van der Waals surface area contributed by atoms with Gasteiger partial charge in [0.15, 0.2) is 4.77 Å². The number of imidazole rings is 1. The Morgan fingerprint density at radius 2 is 2.30 bits per heavy atom. The lowest BCUT2D eigenvalue weighted by molar-refractivity contribution is 0.320. The van der Waals surface area contributed by atoms with E-state index in [9.17, 15) is 0 Å². The maximum atomic E-state index is 5.82. The predicted molar refractivity (Wildman–Crippen MR) is 84.9 cm³/mol. The summed E-state index contributed by atoms with van der Waals surface area (Å²) < 4.78 is 8.88. The standard InChI is InChI=1S/C16H20N2OS/c1-2-11-19-14-10-6-9-13-15(14)17-16(20)18(13)12-7-4-3-5-8-12/h3-4,6,9-10,12H,2,5,7-8,11H2,1H3,(H,17,20). The zero-order chi connectivity index (χ0) is 13.9. The number of allylic oxidation sites excluding steroid dienone is 2. The molecule has 0 amide bonds. The van der Waals surface area contributed by atoms with E-state index in [-0.39, 0.29) is 0 Å². The van der Waals surface area contributed by atoms with Crippen molar-refractivity contribution in [3.05, 3.63) is 35.1 Å². The van der Waals surface area contributed by atoms with Gasteiger partial charge in [0.05, 0.1) is 12.1 Å². The van der Waals surface area contributed by atoms with Crippen molar-refractivity contribution in [3.8, 4) is 5.75 Å².